The van der Waals surface area contributed by atoms with Gasteiger partial charge >= 0.3 is 5.69 Å². The van der Waals surface area contributed by atoms with Gasteiger partial charge in [-0.3, -0.25) is 4.79 Å². The number of benzene rings is 1. The van der Waals surface area contributed by atoms with Gasteiger partial charge in [0.2, 0.25) is 5.91 Å². The van der Waals surface area contributed by atoms with E-state index >= 15 is 0 Å². The van der Waals surface area contributed by atoms with Gasteiger partial charge in [0.05, 0.1) is 5.69 Å². The molecule has 1 fully saturated rings. The van der Waals surface area contributed by atoms with E-state index in [1.807, 2.05) is 35.2 Å². The number of hydrogen-bond acceptors (Lipinski definition) is 4. The molecule has 0 N–H and O–H groups in total. The lowest BCUT2D eigenvalue weighted by molar-refractivity contribution is -0.132. The molecule has 0 spiro atoms. The Bertz CT molecular complexity index is 800. The molecule has 0 saturated carbocycles. The molecule has 0 radical (unpaired) electrons. The number of carbonyl (C=O) groups excluding carboxylic acids is 1. The molecular formula is C19H26N4O2S. The molecule has 7 heteroatoms. The second-order valence-electron chi connectivity index (χ2n) is 6.56. The number of nitrogens with zero attached hydrogens (tertiary/aromatic N) is 4. The molecule has 6 nitrogen and oxygen atoms in total. The number of aryl methyl sites for hydroxylation is 1. The molecule has 1 aliphatic rings. The molecule has 0 aliphatic carbocycles. The smallest absolute Gasteiger partial charge is 0.342 e. The van der Waals surface area contributed by atoms with E-state index in [4.69, 9.17) is 0 Å². The molecule has 140 valence electrons. The second kappa shape index (κ2) is 8.58. The Morgan fingerprint density at radius 1 is 1.31 bits per heavy atom. The van der Waals surface area contributed by atoms with Gasteiger partial charge in [0.25, 0.3) is 0 Å². The molecule has 2 heterocycles. The zero-order chi connectivity index (χ0) is 18.5. The Morgan fingerprint density at radius 2 is 2.08 bits per heavy atom. The van der Waals surface area contributed by atoms with Gasteiger partial charge in [0, 0.05) is 38.2 Å². The lowest BCUT2D eigenvalue weighted by Gasteiger charge is -2.32. The predicted octanol–water partition coefficient (Wildman–Crippen LogP) is 2.42. The summed E-state index contributed by atoms with van der Waals surface area (Å²) < 4.78 is 3.08. The van der Waals surface area contributed by atoms with Crippen molar-refractivity contribution in [2.75, 3.05) is 24.6 Å². The highest BCUT2D eigenvalue weighted by Gasteiger charge is 2.29. The Morgan fingerprint density at radius 3 is 2.81 bits per heavy atom. The number of rotatable bonds is 6. The van der Waals surface area contributed by atoms with E-state index in [9.17, 15) is 9.59 Å². The number of carbonyl (C=O) groups is 1. The van der Waals surface area contributed by atoms with Crippen molar-refractivity contribution in [3.63, 3.8) is 0 Å². The van der Waals surface area contributed by atoms with Crippen LogP contribution >= 0.6 is 11.8 Å². The van der Waals surface area contributed by atoms with E-state index < -0.39 is 0 Å². The molecular weight excluding hydrogens is 348 g/mol. The third-order valence-electron chi connectivity index (χ3n) is 4.77. The van der Waals surface area contributed by atoms with Crippen molar-refractivity contribution < 1.29 is 4.79 Å². The molecule has 1 aromatic carbocycles. The van der Waals surface area contributed by atoms with Crippen molar-refractivity contribution in [3.05, 3.63) is 46.6 Å². The fourth-order valence-corrected chi connectivity index (χ4v) is 4.05. The van der Waals surface area contributed by atoms with E-state index in [-0.39, 0.29) is 17.5 Å². The molecule has 1 aliphatic heterocycles. The minimum atomic E-state index is -0.144. The van der Waals surface area contributed by atoms with Crippen LogP contribution in [-0.2, 0) is 11.8 Å². The van der Waals surface area contributed by atoms with Crippen LogP contribution in [0.25, 0.3) is 5.69 Å². The topological polar surface area (TPSA) is 60.1 Å². The van der Waals surface area contributed by atoms with Crippen LogP contribution in [0.15, 0.2) is 35.1 Å². The first-order valence-corrected chi connectivity index (χ1v) is 10.3. The van der Waals surface area contributed by atoms with E-state index in [1.54, 1.807) is 23.4 Å². The minimum absolute atomic E-state index is 0.0839. The number of aromatic nitrogens is 3. The van der Waals surface area contributed by atoms with Gasteiger partial charge in [-0.05, 0) is 30.7 Å². The number of likely N-dealkylation sites (tertiary alicyclic amines) is 1. The normalized spacial score (nSPS) is 17.5. The molecule has 1 atom stereocenters. The van der Waals surface area contributed by atoms with Crippen molar-refractivity contribution >= 4 is 17.7 Å². The largest absolute Gasteiger partial charge is 0.350 e. The van der Waals surface area contributed by atoms with Crippen molar-refractivity contribution in [1.82, 2.24) is 19.2 Å². The minimum Gasteiger partial charge on any atom is -0.342 e. The van der Waals surface area contributed by atoms with Crippen LogP contribution in [-0.4, -0.2) is 49.7 Å². The summed E-state index contributed by atoms with van der Waals surface area (Å²) in [7, 11) is 1.68. The monoisotopic (exact) mass is 374 g/mol. The fourth-order valence-electron chi connectivity index (χ4n) is 3.44. The summed E-state index contributed by atoms with van der Waals surface area (Å²) in [4.78, 5) is 27.0. The average molecular weight is 375 g/mol. The highest BCUT2D eigenvalue weighted by molar-refractivity contribution is 7.99. The summed E-state index contributed by atoms with van der Waals surface area (Å²) in [6.45, 7) is 3.55. The fraction of sp³-hybridized carbons (Fsp3) is 0.526. The highest BCUT2D eigenvalue weighted by atomic mass is 32.2. The maximum absolute atomic E-state index is 12.6. The van der Waals surface area contributed by atoms with Crippen molar-refractivity contribution in [3.8, 4) is 5.69 Å². The predicted molar refractivity (Wildman–Crippen MR) is 105 cm³/mol. The van der Waals surface area contributed by atoms with Gasteiger partial charge in [-0.2, -0.15) is 16.9 Å². The van der Waals surface area contributed by atoms with Gasteiger partial charge in [0.1, 0.15) is 5.82 Å². The number of para-hydroxylation sites is 1. The Kier molecular flexibility index (Phi) is 6.19. The maximum Gasteiger partial charge on any atom is 0.350 e. The Labute approximate surface area is 158 Å². The Balaban J connectivity index is 1.82. The summed E-state index contributed by atoms with van der Waals surface area (Å²) in [6, 6.07) is 9.60. The summed E-state index contributed by atoms with van der Waals surface area (Å²) in [5, 5.41) is 4.50. The van der Waals surface area contributed by atoms with Crippen LogP contribution in [0.3, 0.4) is 0 Å². The zero-order valence-electron chi connectivity index (χ0n) is 15.4. The summed E-state index contributed by atoms with van der Waals surface area (Å²) in [5.41, 5.74) is 0.678. The molecule has 1 aromatic heterocycles. The number of amides is 1. The van der Waals surface area contributed by atoms with Crippen LogP contribution < -0.4 is 5.69 Å². The lowest BCUT2D eigenvalue weighted by Crippen LogP contribution is -2.40. The van der Waals surface area contributed by atoms with Crippen molar-refractivity contribution in [2.24, 2.45) is 7.05 Å². The Hall–Kier alpha value is -2.02. The van der Waals surface area contributed by atoms with Crippen LogP contribution in [0.5, 0.6) is 0 Å². The molecule has 3 rings (SSSR count). The molecule has 1 amide bonds. The first-order chi connectivity index (χ1) is 12.6. The standard InChI is InChI=1S/C19H26N4O2S/c1-3-26-13-11-17(24)22-12-7-8-15(14-22)18-20-21(2)19(25)23(18)16-9-5-4-6-10-16/h4-6,9-10,15H,3,7-8,11-14H2,1-2H3/t15-/m0/s1. The molecule has 1 saturated heterocycles. The third kappa shape index (κ3) is 4.03. The van der Waals surface area contributed by atoms with Crippen molar-refractivity contribution in [2.45, 2.75) is 32.1 Å². The van der Waals surface area contributed by atoms with Gasteiger partial charge in [-0.1, -0.05) is 25.1 Å². The maximum atomic E-state index is 12.6. The van der Waals surface area contributed by atoms with Crippen LogP contribution in [0.4, 0.5) is 0 Å². The van der Waals surface area contributed by atoms with Gasteiger partial charge in [-0.15, -0.1) is 0 Å². The lowest BCUT2D eigenvalue weighted by atomic mass is 9.96. The average Bonchev–Trinajstić information content (AvgIpc) is 2.97. The zero-order valence-corrected chi connectivity index (χ0v) is 16.2. The summed E-state index contributed by atoms with van der Waals surface area (Å²) in [5.74, 6) is 2.95. The molecule has 2 aromatic rings. The number of piperidine rings is 1. The number of hydrogen-bond donors (Lipinski definition) is 0. The molecule has 26 heavy (non-hydrogen) atoms. The van der Waals surface area contributed by atoms with Gasteiger partial charge in [-0.25, -0.2) is 14.0 Å². The SMILES string of the molecule is CCSCCC(=O)N1CCC[C@H](c2nn(C)c(=O)n2-c2ccccc2)C1. The van der Waals surface area contributed by atoms with Crippen LogP contribution in [0.2, 0.25) is 0 Å². The quantitative estimate of drug-likeness (QED) is 0.729. The first kappa shape index (κ1) is 18.8. The number of thioether (sulfide) groups is 1. The van der Waals surface area contributed by atoms with Crippen LogP contribution in [0.1, 0.15) is 37.9 Å². The van der Waals surface area contributed by atoms with Crippen molar-refractivity contribution in [1.29, 1.82) is 0 Å². The van der Waals surface area contributed by atoms with Gasteiger partial charge < -0.3 is 4.90 Å². The third-order valence-corrected chi connectivity index (χ3v) is 5.67. The summed E-state index contributed by atoms with van der Waals surface area (Å²) in [6.07, 6.45) is 2.46. The van der Waals surface area contributed by atoms with E-state index in [2.05, 4.69) is 12.0 Å². The van der Waals surface area contributed by atoms with E-state index in [0.717, 1.165) is 42.4 Å². The van der Waals surface area contributed by atoms with E-state index in [0.29, 0.717) is 13.0 Å². The first-order valence-electron chi connectivity index (χ1n) is 9.18. The summed E-state index contributed by atoms with van der Waals surface area (Å²) >= 11 is 1.79. The molecule has 0 bridgehead atoms. The molecule has 0 unspecified atom stereocenters. The van der Waals surface area contributed by atoms with Crippen LogP contribution in [0, 0.1) is 0 Å². The highest BCUT2D eigenvalue weighted by Crippen LogP contribution is 2.27. The second-order valence-corrected chi connectivity index (χ2v) is 7.96. The van der Waals surface area contributed by atoms with E-state index in [1.165, 1.54) is 4.68 Å². The van der Waals surface area contributed by atoms with Gasteiger partial charge in [0.15, 0.2) is 0 Å².